The van der Waals surface area contributed by atoms with Crippen molar-refractivity contribution in [3.63, 3.8) is 0 Å². The standard InChI is InChI=1S/C16H21Si.2C9H12N.Sc/c1-17(2,3)16-14-10-6-4-8-12(14)13-9-5-7-11-15(13)16;2*1-10(2)8-9-6-4-3-5-7-9;/h4,6,8,10-11,16H,5,7,9H2,1-3H3;2*3-8H,1-2H3;/q3*-1;+3. The summed E-state index contributed by atoms with van der Waals surface area (Å²) in [4.78, 5) is 4.07. The van der Waals surface area contributed by atoms with Crippen LogP contribution in [0.1, 0.15) is 47.1 Å². The van der Waals surface area contributed by atoms with Crippen LogP contribution in [0, 0.1) is 19.5 Å². The van der Waals surface area contributed by atoms with Crippen molar-refractivity contribution in [3.05, 3.63) is 132 Å². The van der Waals surface area contributed by atoms with Gasteiger partial charge < -0.3 is 9.80 Å². The number of allylic oxidation sites excluding steroid dienone is 2. The van der Waals surface area contributed by atoms with E-state index in [4.69, 9.17) is 0 Å². The van der Waals surface area contributed by atoms with Crippen LogP contribution in [-0.4, -0.2) is 46.1 Å². The van der Waals surface area contributed by atoms with Gasteiger partial charge in [-0.25, -0.2) is 12.0 Å². The molecule has 0 aromatic heterocycles. The van der Waals surface area contributed by atoms with Gasteiger partial charge in [-0.2, -0.15) is 41.0 Å². The molecule has 0 heterocycles. The van der Waals surface area contributed by atoms with Gasteiger partial charge in [0.05, 0.1) is 8.07 Å². The van der Waals surface area contributed by atoms with Gasteiger partial charge in [0, 0.05) is 0 Å². The molecule has 198 valence electrons. The van der Waals surface area contributed by atoms with E-state index in [0.29, 0.717) is 0 Å². The Bertz CT molecular complexity index is 1070. The molecule has 0 saturated heterocycles. The van der Waals surface area contributed by atoms with Gasteiger partial charge in [0.1, 0.15) is 0 Å². The van der Waals surface area contributed by atoms with Crippen LogP contribution in [0.5, 0.6) is 0 Å². The van der Waals surface area contributed by atoms with E-state index < -0.39 is 8.07 Å². The topological polar surface area (TPSA) is 6.48 Å². The van der Waals surface area contributed by atoms with Gasteiger partial charge in [-0.05, 0) is 33.7 Å². The van der Waals surface area contributed by atoms with E-state index in [2.05, 4.69) is 87.7 Å². The molecule has 0 aliphatic heterocycles. The summed E-state index contributed by atoms with van der Waals surface area (Å²) in [5.74, 6) is 0. The van der Waals surface area contributed by atoms with E-state index in [0.717, 1.165) is 5.54 Å². The van der Waals surface area contributed by atoms with Crippen molar-refractivity contribution in [1.29, 1.82) is 0 Å². The molecule has 3 aromatic carbocycles. The van der Waals surface area contributed by atoms with Crippen LogP contribution in [0.4, 0.5) is 0 Å². The monoisotopic (exact) mass is 554 g/mol. The average molecular weight is 555 g/mol. The Morgan fingerprint density at radius 2 is 1.18 bits per heavy atom. The van der Waals surface area contributed by atoms with Gasteiger partial charge in [-0.15, -0.1) is 49.3 Å². The zero-order valence-electron chi connectivity index (χ0n) is 24.5. The van der Waals surface area contributed by atoms with Crippen molar-refractivity contribution in [2.75, 3.05) is 28.2 Å². The number of hydrogen-bond donors (Lipinski definition) is 0. The summed E-state index contributed by atoms with van der Waals surface area (Å²) in [6.45, 7) is 11.7. The summed E-state index contributed by atoms with van der Waals surface area (Å²) in [7, 11) is 6.91. The van der Waals surface area contributed by atoms with Gasteiger partial charge in [0.25, 0.3) is 0 Å². The number of nitrogens with zero attached hydrogens (tertiary/aromatic N) is 2. The van der Waals surface area contributed by atoms with Crippen molar-refractivity contribution in [2.24, 2.45) is 0 Å². The first-order valence-electron chi connectivity index (χ1n) is 13.4. The van der Waals surface area contributed by atoms with Gasteiger partial charge >= 0.3 is 25.8 Å². The van der Waals surface area contributed by atoms with Crippen LogP contribution in [0.2, 0.25) is 19.6 Å². The molecule has 2 nitrogen and oxygen atoms in total. The second kappa shape index (κ2) is 15.6. The molecule has 0 fully saturated rings. The van der Waals surface area contributed by atoms with E-state index in [1.54, 1.807) is 22.3 Å². The smallest absolute Gasteiger partial charge is 0.339 e. The van der Waals surface area contributed by atoms with Crippen molar-refractivity contribution in [3.8, 4) is 0 Å². The van der Waals surface area contributed by atoms with Crippen LogP contribution in [-0.2, 0) is 25.8 Å². The van der Waals surface area contributed by atoms with E-state index >= 15 is 0 Å². The van der Waals surface area contributed by atoms with Gasteiger partial charge in [0.2, 0.25) is 0 Å². The van der Waals surface area contributed by atoms with E-state index in [1.165, 1.54) is 30.4 Å². The molecule has 2 aliphatic carbocycles. The van der Waals surface area contributed by atoms with Crippen molar-refractivity contribution in [1.82, 2.24) is 9.80 Å². The first kappa shape index (κ1) is 32.2. The fourth-order valence-electron chi connectivity index (χ4n) is 5.18. The Kier molecular flexibility index (Phi) is 13.2. The minimum absolute atomic E-state index is 0. The molecule has 5 rings (SSSR count). The third-order valence-electron chi connectivity index (χ3n) is 6.53. The molecule has 4 heteroatoms. The summed E-state index contributed by atoms with van der Waals surface area (Å²) < 4.78 is 0. The Balaban J connectivity index is 0.000000210. The van der Waals surface area contributed by atoms with Crippen molar-refractivity contribution in [2.45, 2.75) is 44.4 Å². The molecule has 2 aliphatic rings. The van der Waals surface area contributed by atoms with Crippen LogP contribution in [0.15, 0.2) is 90.5 Å². The largest absolute Gasteiger partial charge is 3.00 e. The quantitative estimate of drug-likeness (QED) is 0.231. The van der Waals surface area contributed by atoms with Crippen molar-refractivity contribution < 1.29 is 25.8 Å². The van der Waals surface area contributed by atoms with Crippen molar-refractivity contribution >= 4 is 13.6 Å². The molecule has 3 aromatic rings. The minimum Gasteiger partial charge on any atom is -0.339 e. The molecule has 0 spiro atoms. The molecule has 0 amide bonds. The Morgan fingerprint density at radius 1 is 0.711 bits per heavy atom. The molecule has 38 heavy (non-hydrogen) atoms. The van der Waals surface area contributed by atoms with Crippen LogP contribution < -0.4 is 0 Å². The predicted molar refractivity (Wildman–Crippen MR) is 165 cm³/mol. The zero-order chi connectivity index (χ0) is 26.8. The zero-order valence-corrected chi connectivity index (χ0v) is 27.3. The fourth-order valence-corrected chi connectivity index (χ4v) is 7.59. The maximum Gasteiger partial charge on any atom is 3.00 e. The Hall–Kier alpha value is -1.98. The summed E-state index contributed by atoms with van der Waals surface area (Å²) in [6, 6.07) is 29.6. The maximum absolute atomic E-state index is 2.53. The van der Waals surface area contributed by atoms with Crippen LogP contribution in [0.25, 0.3) is 5.57 Å². The molecular formula is C34H45N2ScSi. The first-order valence-corrected chi connectivity index (χ1v) is 17.0. The maximum atomic E-state index is 2.53. The molecular weight excluding hydrogens is 509 g/mol. The molecule has 0 saturated carbocycles. The number of rotatable bonds is 5. The van der Waals surface area contributed by atoms with Gasteiger partial charge in [-0.3, -0.25) is 0 Å². The van der Waals surface area contributed by atoms with Gasteiger partial charge in [0.15, 0.2) is 0 Å². The van der Waals surface area contributed by atoms with E-state index in [1.807, 2.05) is 74.4 Å². The van der Waals surface area contributed by atoms with E-state index in [-0.39, 0.29) is 25.8 Å². The van der Waals surface area contributed by atoms with E-state index in [9.17, 15) is 0 Å². The molecule has 0 radical (unpaired) electrons. The average Bonchev–Trinajstić information content (AvgIpc) is 3.20. The predicted octanol–water partition coefficient (Wildman–Crippen LogP) is 8.32. The second-order valence-electron chi connectivity index (χ2n) is 11.4. The number of benzene rings is 3. The molecule has 1 atom stereocenters. The molecule has 0 bridgehead atoms. The minimum atomic E-state index is -1.17. The molecule has 0 N–H and O–H groups in total. The van der Waals surface area contributed by atoms with Gasteiger partial charge in [-0.1, -0.05) is 74.4 Å². The second-order valence-corrected chi connectivity index (χ2v) is 16.7. The number of hydrogen-bond acceptors (Lipinski definition) is 2. The third kappa shape index (κ3) is 9.64. The van der Waals surface area contributed by atoms with Crippen LogP contribution in [0.3, 0.4) is 0 Å². The van der Waals surface area contributed by atoms with Crippen LogP contribution >= 0.6 is 0 Å². The fraction of sp³-hybridized carbons (Fsp3) is 0.324. The number of fused-ring (bicyclic) bond motifs is 2. The summed E-state index contributed by atoms with van der Waals surface area (Å²) >= 11 is 0. The normalized spacial score (nSPS) is 15.6. The Labute approximate surface area is 253 Å². The third-order valence-corrected chi connectivity index (χ3v) is 8.89. The Morgan fingerprint density at radius 3 is 1.66 bits per heavy atom. The first-order chi connectivity index (χ1) is 17.7. The summed E-state index contributed by atoms with van der Waals surface area (Å²) in [6.07, 6.45) is 6.45. The molecule has 1 unspecified atom stereocenters. The summed E-state index contributed by atoms with van der Waals surface area (Å²) in [5, 5.41) is 0. The SMILES string of the molecule is CN(C)[CH-]c1ccccc1.CN(C)[CH-]c1ccccc1.C[Si](C)(C)C1C2=C(CCC[CH-]2)c2ccccc21.[Sc+3]. The summed E-state index contributed by atoms with van der Waals surface area (Å²) in [5.41, 5.74) is 9.77.